The maximum atomic E-state index is 12.3. The zero-order valence-corrected chi connectivity index (χ0v) is 16.4. The summed E-state index contributed by atoms with van der Waals surface area (Å²) in [6, 6.07) is 4.29. The minimum atomic E-state index is -0.154. The van der Waals surface area contributed by atoms with Gasteiger partial charge in [0.25, 0.3) is 0 Å². The molecule has 1 saturated carbocycles. The lowest BCUT2D eigenvalue weighted by molar-refractivity contribution is -0.113. The zero-order valence-electron chi connectivity index (χ0n) is 16.4. The minimum absolute atomic E-state index is 0.154. The van der Waals surface area contributed by atoms with Crippen LogP contribution in [0.5, 0.6) is 0 Å². The molecule has 3 fully saturated rings. The Kier molecular flexibility index (Phi) is 4.67. The number of hydrogen-bond acceptors (Lipinski definition) is 5. The molecule has 27 heavy (non-hydrogen) atoms. The fraction of sp³-hybridized carbons (Fsp3) is 0.591. The van der Waals surface area contributed by atoms with Crippen LogP contribution in [0.15, 0.2) is 17.8 Å². The van der Waals surface area contributed by atoms with E-state index in [0.717, 1.165) is 61.7 Å². The number of Topliss-reactive ketones (excluding diaryl/α,β-unsaturated/α-hetero) is 1. The lowest BCUT2D eigenvalue weighted by atomic mass is 9.63. The van der Waals surface area contributed by atoms with E-state index in [1.54, 1.807) is 0 Å². The molecule has 0 atom stereocenters. The summed E-state index contributed by atoms with van der Waals surface area (Å²) in [4.78, 5) is 21.4. The predicted octanol–water partition coefficient (Wildman–Crippen LogP) is 3.69. The molecular formula is C22H28N4O. The van der Waals surface area contributed by atoms with E-state index in [9.17, 15) is 10.1 Å². The number of nitrogens with zero attached hydrogens (tertiary/aromatic N) is 4. The van der Waals surface area contributed by atoms with E-state index < -0.39 is 0 Å². The number of piperidine rings is 1. The maximum absolute atomic E-state index is 12.3. The summed E-state index contributed by atoms with van der Waals surface area (Å²) < 4.78 is 0. The van der Waals surface area contributed by atoms with E-state index in [1.807, 2.05) is 13.1 Å². The van der Waals surface area contributed by atoms with Crippen molar-refractivity contribution >= 4 is 17.3 Å². The first-order chi connectivity index (χ1) is 13.0. The molecule has 1 aromatic heterocycles. The van der Waals surface area contributed by atoms with Crippen molar-refractivity contribution in [3.63, 3.8) is 0 Å². The first kappa shape index (κ1) is 18.0. The molecule has 4 rings (SSSR count). The molecule has 0 bridgehead atoms. The highest BCUT2D eigenvalue weighted by Gasteiger charge is 2.40. The van der Waals surface area contributed by atoms with Gasteiger partial charge in [-0.25, -0.2) is 4.98 Å². The van der Waals surface area contributed by atoms with Crippen LogP contribution in [-0.2, 0) is 4.79 Å². The zero-order chi connectivity index (χ0) is 19.0. The molecule has 1 aromatic rings. The summed E-state index contributed by atoms with van der Waals surface area (Å²) in [6.07, 6.45) is 9.43. The van der Waals surface area contributed by atoms with E-state index in [0.29, 0.717) is 5.41 Å². The Morgan fingerprint density at radius 1 is 1.15 bits per heavy atom. The Morgan fingerprint density at radius 2 is 1.85 bits per heavy atom. The molecule has 0 unspecified atom stereocenters. The number of carbonyl (C=O) groups excluding carboxylic acids is 1. The van der Waals surface area contributed by atoms with Crippen LogP contribution in [0, 0.1) is 23.7 Å². The highest BCUT2D eigenvalue weighted by atomic mass is 16.1. The van der Waals surface area contributed by atoms with Gasteiger partial charge in [0.15, 0.2) is 5.78 Å². The number of aromatic nitrogens is 1. The minimum Gasteiger partial charge on any atom is -0.370 e. The quantitative estimate of drug-likeness (QED) is 0.602. The van der Waals surface area contributed by atoms with Crippen LogP contribution in [0.25, 0.3) is 5.70 Å². The summed E-state index contributed by atoms with van der Waals surface area (Å²) in [5.74, 6) is 0.797. The lowest BCUT2D eigenvalue weighted by Gasteiger charge is -2.49. The number of allylic oxidation sites excluding steroid dienone is 1. The third-order valence-electron chi connectivity index (χ3n) is 6.78. The molecule has 0 N–H and O–H groups in total. The van der Waals surface area contributed by atoms with Crippen molar-refractivity contribution in [1.29, 1.82) is 5.26 Å². The molecule has 1 spiro atoms. The molecule has 3 aliphatic rings. The number of rotatable bonds is 4. The van der Waals surface area contributed by atoms with Crippen molar-refractivity contribution in [3.8, 4) is 6.07 Å². The molecule has 2 aliphatic heterocycles. The summed E-state index contributed by atoms with van der Waals surface area (Å²) >= 11 is 0. The second-order valence-corrected chi connectivity index (χ2v) is 8.43. The molecule has 0 aromatic carbocycles. The van der Waals surface area contributed by atoms with Crippen molar-refractivity contribution in [3.05, 3.63) is 29.0 Å². The number of pyridine rings is 1. The van der Waals surface area contributed by atoms with Gasteiger partial charge in [0.2, 0.25) is 0 Å². The van der Waals surface area contributed by atoms with Crippen molar-refractivity contribution in [1.82, 2.24) is 9.88 Å². The first-order valence-electron chi connectivity index (χ1n) is 10.2. The summed E-state index contributed by atoms with van der Waals surface area (Å²) in [5.41, 5.74) is 3.64. The van der Waals surface area contributed by atoms with E-state index in [-0.39, 0.29) is 11.4 Å². The summed E-state index contributed by atoms with van der Waals surface area (Å²) in [6.45, 7) is 7.43. The molecule has 0 amide bonds. The lowest BCUT2D eigenvalue weighted by Crippen LogP contribution is -2.43. The van der Waals surface area contributed by atoms with Gasteiger partial charge in [0.1, 0.15) is 17.5 Å². The van der Waals surface area contributed by atoms with Gasteiger partial charge < -0.3 is 9.80 Å². The monoisotopic (exact) mass is 364 g/mol. The number of anilines is 1. The second kappa shape index (κ2) is 6.99. The van der Waals surface area contributed by atoms with Gasteiger partial charge in [0, 0.05) is 37.9 Å². The standard InChI is InChI=1S/C22H28N4O/c1-16-15-24-20(25-9-4-10-25)13-18(16)21(19(14-23)17(2)27)26-11-7-22(8-12-26)5-3-6-22/h13,15H,3-12H2,1-2H3/b21-19+. The van der Waals surface area contributed by atoms with Gasteiger partial charge in [0.05, 0.1) is 5.70 Å². The van der Waals surface area contributed by atoms with Crippen molar-refractivity contribution in [2.45, 2.75) is 52.4 Å². The molecule has 3 heterocycles. The van der Waals surface area contributed by atoms with Gasteiger partial charge in [-0.15, -0.1) is 0 Å². The average molecular weight is 364 g/mol. The summed E-state index contributed by atoms with van der Waals surface area (Å²) in [5, 5.41) is 9.76. The van der Waals surface area contributed by atoms with Crippen LogP contribution >= 0.6 is 0 Å². The molecular weight excluding hydrogens is 336 g/mol. The Morgan fingerprint density at radius 3 is 2.33 bits per heavy atom. The molecule has 2 saturated heterocycles. The molecule has 0 radical (unpaired) electrons. The van der Waals surface area contributed by atoms with Crippen LogP contribution in [-0.4, -0.2) is 41.8 Å². The van der Waals surface area contributed by atoms with Crippen LogP contribution in [0.3, 0.4) is 0 Å². The summed E-state index contributed by atoms with van der Waals surface area (Å²) in [7, 11) is 0. The molecule has 142 valence electrons. The Balaban J connectivity index is 1.73. The highest BCUT2D eigenvalue weighted by molar-refractivity contribution is 6.04. The van der Waals surface area contributed by atoms with Crippen LogP contribution in [0.1, 0.15) is 56.6 Å². The largest absolute Gasteiger partial charge is 0.370 e. The third kappa shape index (κ3) is 3.22. The van der Waals surface area contributed by atoms with Crippen LogP contribution < -0.4 is 4.90 Å². The van der Waals surface area contributed by atoms with E-state index in [1.165, 1.54) is 32.6 Å². The van der Waals surface area contributed by atoms with Crippen molar-refractivity contribution in [2.24, 2.45) is 5.41 Å². The fourth-order valence-corrected chi connectivity index (χ4v) is 4.63. The molecule has 1 aliphatic carbocycles. The maximum Gasteiger partial charge on any atom is 0.172 e. The smallest absolute Gasteiger partial charge is 0.172 e. The van der Waals surface area contributed by atoms with E-state index in [2.05, 4.69) is 26.9 Å². The van der Waals surface area contributed by atoms with Gasteiger partial charge in [-0.2, -0.15) is 5.26 Å². The predicted molar refractivity (Wildman–Crippen MR) is 106 cm³/mol. The van der Waals surface area contributed by atoms with Crippen molar-refractivity contribution < 1.29 is 4.79 Å². The number of likely N-dealkylation sites (tertiary alicyclic amines) is 1. The Labute approximate surface area is 161 Å². The topological polar surface area (TPSA) is 60.2 Å². The van der Waals surface area contributed by atoms with Gasteiger partial charge >= 0.3 is 0 Å². The number of nitriles is 1. The normalized spacial score (nSPS) is 21.8. The highest BCUT2D eigenvalue weighted by Crippen LogP contribution is 2.50. The van der Waals surface area contributed by atoms with Gasteiger partial charge in [-0.1, -0.05) is 6.42 Å². The van der Waals surface area contributed by atoms with Crippen LogP contribution in [0.4, 0.5) is 5.82 Å². The van der Waals surface area contributed by atoms with E-state index in [4.69, 9.17) is 0 Å². The second-order valence-electron chi connectivity index (χ2n) is 8.43. The number of aryl methyl sites for hydroxylation is 1. The Hall–Kier alpha value is -2.35. The number of carbonyl (C=O) groups is 1. The first-order valence-corrected chi connectivity index (χ1v) is 10.2. The average Bonchev–Trinajstić information content (AvgIpc) is 2.58. The van der Waals surface area contributed by atoms with Crippen LogP contribution in [0.2, 0.25) is 0 Å². The van der Waals surface area contributed by atoms with Gasteiger partial charge in [-0.3, -0.25) is 4.79 Å². The van der Waals surface area contributed by atoms with Crippen molar-refractivity contribution in [2.75, 3.05) is 31.1 Å². The number of ketones is 1. The molecule has 5 heteroatoms. The SMILES string of the molecule is CC(=O)/C(C#N)=C(\c1cc(N2CCC2)ncc1C)N1CCC2(CCC2)CC1. The Bertz CT molecular complexity index is 817. The van der Waals surface area contributed by atoms with Gasteiger partial charge in [-0.05, 0) is 63.0 Å². The fourth-order valence-electron chi connectivity index (χ4n) is 4.63. The number of hydrogen-bond donors (Lipinski definition) is 0. The van der Waals surface area contributed by atoms with E-state index >= 15 is 0 Å². The third-order valence-corrected chi connectivity index (χ3v) is 6.78. The molecule has 5 nitrogen and oxygen atoms in total.